The van der Waals surface area contributed by atoms with Crippen molar-refractivity contribution in [2.45, 2.75) is 46.3 Å². The largest absolute Gasteiger partial charge is 0.388 e. The zero-order valence-corrected chi connectivity index (χ0v) is 11.6. The summed E-state index contributed by atoms with van der Waals surface area (Å²) in [6, 6.07) is 2.01. The zero-order valence-electron chi connectivity index (χ0n) is 11.6. The predicted molar refractivity (Wildman–Crippen MR) is 70.3 cm³/mol. The molecule has 1 aliphatic rings. The molecule has 0 radical (unpaired) electrons. The van der Waals surface area contributed by atoms with Gasteiger partial charge in [-0.05, 0) is 31.2 Å². The lowest BCUT2D eigenvalue weighted by Gasteiger charge is -2.33. The van der Waals surface area contributed by atoms with E-state index in [1.165, 1.54) is 0 Å². The molecule has 100 valence electrons. The monoisotopic (exact) mass is 250 g/mol. The van der Waals surface area contributed by atoms with Gasteiger partial charge in [-0.3, -0.25) is 4.79 Å². The van der Waals surface area contributed by atoms with Crippen LogP contribution < -0.4 is 5.32 Å². The summed E-state index contributed by atoms with van der Waals surface area (Å²) < 4.78 is 2.03. The van der Waals surface area contributed by atoms with E-state index < -0.39 is 6.10 Å². The van der Waals surface area contributed by atoms with E-state index in [0.29, 0.717) is 6.54 Å². The van der Waals surface area contributed by atoms with E-state index in [1.807, 2.05) is 17.6 Å². The number of aromatic nitrogens is 1. The van der Waals surface area contributed by atoms with Gasteiger partial charge in [0.15, 0.2) is 0 Å². The van der Waals surface area contributed by atoms with Gasteiger partial charge in [-0.2, -0.15) is 0 Å². The molecule has 4 heteroatoms. The highest BCUT2D eigenvalue weighted by Crippen LogP contribution is 2.41. The van der Waals surface area contributed by atoms with Crippen LogP contribution in [0.1, 0.15) is 43.3 Å². The molecule has 0 bridgehead atoms. The second-order valence-electron chi connectivity index (χ2n) is 6.01. The van der Waals surface area contributed by atoms with Crippen molar-refractivity contribution in [1.29, 1.82) is 0 Å². The van der Waals surface area contributed by atoms with Crippen molar-refractivity contribution in [3.8, 4) is 0 Å². The Bertz CT molecular complexity index is 474. The first-order valence-corrected chi connectivity index (χ1v) is 6.41. The number of rotatable bonds is 2. The highest BCUT2D eigenvalue weighted by Gasteiger charge is 2.34. The van der Waals surface area contributed by atoms with E-state index in [-0.39, 0.29) is 11.3 Å². The van der Waals surface area contributed by atoms with E-state index in [2.05, 4.69) is 19.2 Å². The third kappa shape index (κ3) is 2.29. The van der Waals surface area contributed by atoms with E-state index in [0.717, 1.165) is 29.8 Å². The number of carbonyl (C=O) groups excluding carboxylic acids is 1. The third-order valence-electron chi connectivity index (χ3n) is 3.78. The quantitative estimate of drug-likeness (QED) is 0.836. The average Bonchev–Trinajstić information content (AvgIpc) is 2.55. The van der Waals surface area contributed by atoms with Crippen molar-refractivity contribution in [1.82, 2.24) is 9.88 Å². The summed E-state index contributed by atoms with van der Waals surface area (Å²) in [6.45, 7) is 6.64. The molecule has 1 aromatic heterocycles. The Morgan fingerprint density at radius 2 is 2.28 bits per heavy atom. The number of aliphatic hydroxyl groups is 1. The normalized spacial score (nSPS) is 21.5. The summed E-state index contributed by atoms with van der Waals surface area (Å²) in [4.78, 5) is 11.6. The van der Waals surface area contributed by atoms with E-state index in [4.69, 9.17) is 0 Å². The SMILES string of the molecule is CNC(=O)Cn1c(C)cc2c1CC(C)(C)CC2O. The van der Waals surface area contributed by atoms with Crippen LogP contribution in [0, 0.1) is 12.3 Å². The fraction of sp³-hybridized carbons (Fsp3) is 0.643. The lowest BCUT2D eigenvalue weighted by atomic mass is 9.75. The lowest BCUT2D eigenvalue weighted by molar-refractivity contribution is -0.121. The highest BCUT2D eigenvalue weighted by atomic mass is 16.3. The molecule has 1 aliphatic carbocycles. The van der Waals surface area contributed by atoms with Crippen LogP contribution >= 0.6 is 0 Å². The molecule has 1 unspecified atom stereocenters. The minimum absolute atomic E-state index is 0.00521. The van der Waals surface area contributed by atoms with Crippen LogP contribution in [-0.2, 0) is 17.8 Å². The second-order valence-corrected chi connectivity index (χ2v) is 6.01. The number of fused-ring (bicyclic) bond motifs is 1. The third-order valence-corrected chi connectivity index (χ3v) is 3.78. The van der Waals surface area contributed by atoms with Gasteiger partial charge in [0.05, 0.1) is 6.10 Å². The molecule has 0 aromatic carbocycles. The van der Waals surface area contributed by atoms with Gasteiger partial charge in [-0.1, -0.05) is 13.8 Å². The van der Waals surface area contributed by atoms with E-state index in [1.54, 1.807) is 7.05 Å². The van der Waals surface area contributed by atoms with Crippen molar-refractivity contribution in [2.24, 2.45) is 5.41 Å². The summed E-state index contributed by atoms with van der Waals surface area (Å²) in [5.74, 6) is -0.00521. The Morgan fingerprint density at radius 3 is 2.89 bits per heavy atom. The molecule has 1 amide bonds. The van der Waals surface area contributed by atoms with Gasteiger partial charge < -0.3 is 15.0 Å². The molecule has 0 spiro atoms. The zero-order chi connectivity index (χ0) is 13.5. The first kappa shape index (κ1) is 13.1. The van der Waals surface area contributed by atoms with Crippen molar-refractivity contribution in [2.75, 3.05) is 7.05 Å². The van der Waals surface area contributed by atoms with Crippen molar-refractivity contribution >= 4 is 5.91 Å². The van der Waals surface area contributed by atoms with Crippen LogP contribution in [0.3, 0.4) is 0 Å². The molecule has 0 fully saturated rings. The number of amides is 1. The predicted octanol–water partition coefficient (Wildman–Crippen LogP) is 1.55. The fourth-order valence-electron chi connectivity index (χ4n) is 2.84. The summed E-state index contributed by atoms with van der Waals surface area (Å²) in [5.41, 5.74) is 3.23. The van der Waals surface area contributed by atoms with Gasteiger partial charge in [0.2, 0.25) is 5.91 Å². The molecule has 1 aromatic rings. The molecule has 1 atom stereocenters. The molecule has 0 aliphatic heterocycles. The Balaban J connectivity index is 2.41. The summed E-state index contributed by atoms with van der Waals surface area (Å²) >= 11 is 0. The van der Waals surface area contributed by atoms with Crippen LogP contribution in [0.2, 0.25) is 0 Å². The Morgan fingerprint density at radius 1 is 1.61 bits per heavy atom. The molecule has 1 heterocycles. The maximum atomic E-state index is 11.6. The smallest absolute Gasteiger partial charge is 0.239 e. The standard InChI is InChI=1S/C14H22N2O2/c1-9-5-10-11(16(9)8-13(18)15-4)6-14(2,3)7-12(10)17/h5,12,17H,6-8H2,1-4H3,(H,15,18). The number of carbonyl (C=O) groups is 1. The van der Waals surface area contributed by atoms with Gasteiger partial charge >= 0.3 is 0 Å². The molecule has 18 heavy (non-hydrogen) atoms. The second kappa shape index (κ2) is 4.43. The number of hydrogen-bond donors (Lipinski definition) is 2. The first-order valence-electron chi connectivity index (χ1n) is 6.41. The number of hydrogen-bond acceptors (Lipinski definition) is 2. The van der Waals surface area contributed by atoms with Gasteiger partial charge in [0.25, 0.3) is 0 Å². The fourth-order valence-corrected chi connectivity index (χ4v) is 2.84. The van der Waals surface area contributed by atoms with Crippen LogP contribution in [0.5, 0.6) is 0 Å². The Kier molecular flexibility index (Phi) is 3.23. The van der Waals surface area contributed by atoms with Crippen molar-refractivity contribution < 1.29 is 9.90 Å². The minimum Gasteiger partial charge on any atom is -0.388 e. The molecule has 4 nitrogen and oxygen atoms in total. The molecule has 2 rings (SSSR count). The van der Waals surface area contributed by atoms with Gasteiger partial charge in [0, 0.05) is 24.0 Å². The Labute approximate surface area is 108 Å². The maximum Gasteiger partial charge on any atom is 0.239 e. The van der Waals surface area contributed by atoms with E-state index in [9.17, 15) is 9.90 Å². The van der Waals surface area contributed by atoms with Crippen molar-refractivity contribution in [3.05, 3.63) is 23.0 Å². The van der Waals surface area contributed by atoms with Crippen LogP contribution in [-0.4, -0.2) is 22.6 Å². The molecule has 0 saturated heterocycles. The first-order chi connectivity index (χ1) is 8.34. The number of nitrogens with one attached hydrogen (secondary N) is 1. The molecular formula is C14H22N2O2. The molecular weight excluding hydrogens is 228 g/mol. The summed E-state index contributed by atoms with van der Waals surface area (Å²) in [6.07, 6.45) is 1.28. The van der Waals surface area contributed by atoms with E-state index >= 15 is 0 Å². The summed E-state index contributed by atoms with van der Waals surface area (Å²) in [5, 5.41) is 12.9. The minimum atomic E-state index is -0.409. The topological polar surface area (TPSA) is 54.3 Å². The van der Waals surface area contributed by atoms with Crippen molar-refractivity contribution in [3.63, 3.8) is 0 Å². The Hall–Kier alpha value is -1.29. The van der Waals surface area contributed by atoms with Gasteiger partial charge in [0.1, 0.15) is 6.54 Å². The number of nitrogens with zero attached hydrogens (tertiary/aromatic N) is 1. The van der Waals surface area contributed by atoms with Gasteiger partial charge in [-0.15, -0.1) is 0 Å². The average molecular weight is 250 g/mol. The highest BCUT2D eigenvalue weighted by molar-refractivity contribution is 5.75. The molecule has 2 N–H and O–H groups in total. The lowest BCUT2D eigenvalue weighted by Crippen LogP contribution is -2.30. The molecule has 0 saturated carbocycles. The maximum absolute atomic E-state index is 11.6. The van der Waals surface area contributed by atoms with Gasteiger partial charge in [-0.25, -0.2) is 0 Å². The number of aryl methyl sites for hydroxylation is 1. The number of likely N-dealkylation sites (N-methyl/N-ethyl adjacent to an activating group) is 1. The number of aliphatic hydroxyl groups excluding tert-OH is 1. The van der Waals surface area contributed by atoms with Crippen LogP contribution in [0.15, 0.2) is 6.07 Å². The van der Waals surface area contributed by atoms with Crippen LogP contribution in [0.25, 0.3) is 0 Å². The summed E-state index contributed by atoms with van der Waals surface area (Å²) in [7, 11) is 1.65. The van der Waals surface area contributed by atoms with Crippen LogP contribution in [0.4, 0.5) is 0 Å².